The number of hydrogen-bond donors (Lipinski definition) is 2. The lowest BCUT2D eigenvalue weighted by Crippen LogP contribution is -2.53. The molecule has 0 unspecified atom stereocenters. The first-order valence-corrected chi connectivity index (χ1v) is 8.88. The lowest BCUT2D eigenvalue weighted by atomic mass is 9.72. The molecule has 25 heavy (non-hydrogen) atoms. The molecule has 1 aliphatic carbocycles. The van der Waals surface area contributed by atoms with Gasteiger partial charge >= 0.3 is 5.69 Å². The van der Waals surface area contributed by atoms with Gasteiger partial charge in [-0.3, -0.25) is 19.4 Å². The molecule has 134 valence electrons. The number of aromatic nitrogens is 2. The molecule has 0 aromatic carbocycles. The number of carbonyl (C=O) groups excluding carboxylic acids is 2. The minimum Gasteiger partial charge on any atom is -0.339 e. The van der Waals surface area contributed by atoms with Crippen LogP contribution in [0.15, 0.2) is 15.8 Å². The zero-order valence-corrected chi connectivity index (χ0v) is 14.0. The molecule has 4 rings (SSSR count). The molecule has 0 atom stereocenters. The van der Waals surface area contributed by atoms with Gasteiger partial charge in [-0.25, -0.2) is 4.79 Å². The largest absolute Gasteiger partial charge is 0.339 e. The lowest BCUT2D eigenvalue weighted by molar-refractivity contribution is -0.139. The highest BCUT2D eigenvalue weighted by Crippen LogP contribution is 2.43. The van der Waals surface area contributed by atoms with Crippen LogP contribution in [-0.2, 0) is 4.79 Å². The van der Waals surface area contributed by atoms with Crippen molar-refractivity contribution in [1.82, 2.24) is 19.8 Å². The standard InChI is InChI=1S/C17H22N4O4/c22-13-3-4-17(10-21(13)11-1-2-11)5-7-20(8-6-17)15(24)12-9-18-16(25)19-14(12)23/h9,11H,1-8,10H2,(H2,18,19,23,25). The number of likely N-dealkylation sites (tertiary alicyclic amines) is 2. The Morgan fingerprint density at radius 3 is 2.48 bits per heavy atom. The Morgan fingerprint density at radius 1 is 1.12 bits per heavy atom. The van der Waals surface area contributed by atoms with Crippen LogP contribution in [-0.4, -0.2) is 57.3 Å². The van der Waals surface area contributed by atoms with Crippen molar-refractivity contribution >= 4 is 11.8 Å². The van der Waals surface area contributed by atoms with Gasteiger partial charge in [0.15, 0.2) is 0 Å². The summed E-state index contributed by atoms with van der Waals surface area (Å²) in [4.78, 5) is 55.7. The van der Waals surface area contributed by atoms with Crippen LogP contribution in [0.4, 0.5) is 0 Å². The molecule has 1 saturated carbocycles. The molecule has 2 saturated heterocycles. The van der Waals surface area contributed by atoms with Gasteiger partial charge in [0.1, 0.15) is 5.56 Å². The van der Waals surface area contributed by atoms with Crippen molar-refractivity contribution in [2.75, 3.05) is 19.6 Å². The highest BCUT2D eigenvalue weighted by molar-refractivity contribution is 5.93. The second-order valence-corrected chi connectivity index (χ2v) is 7.53. The summed E-state index contributed by atoms with van der Waals surface area (Å²) in [6.45, 7) is 1.95. The molecule has 2 N–H and O–H groups in total. The summed E-state index contributed by atoms with van der Waals surface area (Å²) >= 11 is 0. The summed E-state index contributed by atoms with van der Waals surface area (Å²) in [5, 5.41) is 0. The fourth-order valence-electron chi connectivity index (χ4n) is 4.09. The Morgan fingerprint density at radius 2 is 1.84 bits per heavy atom. The van der Waals surface area contributed by atoms with Crippen molar-refractivity contribution in [2.24, 2.45) is 5.41 Å². The molecule has 1 spiro atoms. The fraction of sp³-hybridized carbons (Fsp3) is 0.647. The van der Waals surface area contributed by atoms with Crippen LogP contribution >= 0.6 is 0 Å². The second-order valence-electron chi connectivity index (χ2n) is 7.53. The molecule has 8 heteroatoms. The molecule has 0 bridgehead atoms. The van der Waals surface area contributed by atoms with Crippen LogP contribution < -0.4 is 11.2 Å². The first-order valence-electron chi connectivity index (χ1n) is 8.88. The number of rotatable bonds is 2. The minimum absolute atomic E-state index is 0.0334. The Kier molecular flexibility index (Phi) is 3.77. The van der Waals surface area contributed by atoms with Gasteiger partial charge in [-0.2, -0.15) is 0 Å². The number of nitrogens with zero attached hydrogens (tertiary/aromatic N) is 2. The summed E-state index contributed by atoms with van der Waals surface area (Å²) < 4.78 is 0. The van der Waals surface area contributed by atoms with Crippen molar-refractivity contribution in [3.05, 3.63) is 32.6 Å². The average molecular weight is 346 g/mol. The van der Waals surface area contributed by atoms with Gasteiger partial charge in [-0.1, -0.05) is 0 Å². The highest BCUT2D eigenvalue weighted by Gasteiger charge is 2.45. The van der Waals surface area contributed by atoms with E-state index in [4.69, 9.17) is 0 Å². The topological polar surface area (TPSA) is 106 Å². The normalized spacial score (nSPS) is 23.1. The van der Waals surface area contributed by atoms with E-state index in [1.807, 2.05) is 4.90 Å². The maximum atomic E-state index is 12.6. The fourth-order valence-corrected chi connectivity index (χ4v) is 4.09. The monoisotopic (exact) mass is 346 g/mol. The molecular formula is C17H22N4O4. The van der Waals surface area contributed by atoms with E-state index >= 15 is 0 Å². The molecule has 3 heterocycles. The van der Waals surface area contributed by atoms with Gasteiger partial charge < -0.3 is 14.8 Å². The predicted octanol–water partition coefficient (Wildman–Crippen LogP) is 0.0704. The van der Waals surface area contributed by atoms with E-state index in [1.165, 1.54) is 6.20 Å². The molecule has 1 aromatic rings. The third-order valence-electron chi connectivity index (χ3n) is 5.84. The smallest absolute Gasteiger partial charge is 0.325 e. The maximum Gasteiger partial charge on any atom is 0.325 e. The van der Waals surface area contributed by atoms with E-state index < -0.39 is 11.2 Å². The summed E-state index contributed by atoms with van der Waals surface area (Å²) in [5.74, 6) is -0.0790. The molecular weight excluding hydrogens is 324 g/mol. The van der Waals surface area contributed by atoms with Gasteiger partial charge in [0.25, 0.3) is 11.5 Å². The maximum absolute atomic E-state index is 12.6. The molecule has 0 radical (unpaired) electrons. The van der Waals surface area contributed by atoms with E-state index in [0.717, 1.165) is 38.6 Å². The SMILES string of the molecule is O=C(c1c[nH]c(=O)[nH]c1=O)N1CCC2(CCC(=O)N(C3CC3)C2)CC1. The van der Waals surface area contributed by atoms with Crippen LogP contribution in [0, 0.1) is 5.41 Å². The van der Waals surface area contributed by atoms with Crippen molar-refractivity contribution in [3.8, 4) is 0 Å². The quantitative estimate of drug-likeness (QED) is 0.790. The van der Waals surface area contributed by atoms with Crippen molar-refractivity contribution < 1.29 is 9.59 Å². The van der Waals surface area contributed by atoms with E-state index in [0.29, 0.717) is 25.6 Å². The Balaban J connectivity index is 1.44. The van der Waals surface area contributed by atoms with Crippen LogP contribution in [0.2, 0.25) is 0 Å². The Labute approximate surface area is 144 Å². The first-order chi connectivity index (χ1) is 12.0. The zero-order chi connectivity index (χ0) is 17.6. The number of aromatic amines is 2. The summed E-state index contributed by atoms with van der Waals surface area (Å²) in [6.07, 6.45) is 6.58. The second kappa shape index (κ2) is 5.86. The highest BCUT2D eigenvalue weighted by atomic mass is 16.2. The van der Waals surface area contributed by atoms with Gasteiger partial charge in [0, 0.05) is 38.3 Å². The summed E-state index contributed by atoms with van der Waals surface area (Å²) in [7, 11) is 0. The van der Waals surface area contributed by atoms with Gasteiger partial charge in [0.05, 0.1) is 0 Å². The number of hydrogen-bond acceptors (Lipinski definition) is 4. The average Bonchev–Trinajstić information content (AvgIpc) is 3.42. The molecule has 2 aliphatic heterocycles. The number of amides is 2. The first kappa shape index (κ1) is 16.1. The number of piperidine rings is 2. The molecule has 2 amide bonds. The molecule has 3 fully saturated rings. The summed E-state index contributed by atoms with van der Waals surface area (Å²) in [5.41, 5.74) is -1.21. The number of carbonyl (C=O) groups is 2. The van der Waals surface area contributed by atoms with Gasteiger partial charge in [-0.05, 0) is 37.5 Å². The third-order valence-corrected chi connectivity index (χ3v) is 5.84. The van der Waals surface area contributed by atoms with Crippen LogP contribution in [0.5, 0.6) is 0 Å². The van der Waals surface area contributed by atoms with Gasteiger partial charge in [0.2, 0.25) is 5.91 Å². The van der Waals surface area contributed by atoms with Crippen molar-refractivity contribution in [1.29, 1.82) is 0 Å². The molecule has 1 aromatic heterocycles. The third kappa shape index (κ3) is 3.01. The van der Waals surface area contributed by atoms with E-state index in [1.54, 1.807) is 4.90 Å². The molecule has 8 nitrogen and oxygen atoms in total. The lowest BCUT2D eigenvalue weighted by Gasteiger charge is -2.47. The van der Waals surface area contributed by atoms with Crippen LogP contribution in [0.1, 0.15) is 48.9 Å². The predicted molar refractivity (Wildman–Crippen MR) is 89.2 cm³/mol. The minimum atomic E-state index is -0.655. The van der Waals surface area contributed by atoms with Crippen LogP contribution in [0.3, 0.4) is 0 Å². The number of H-pyrrole nitrogens is 2. The van der Waals surface area contributed by atoms with Crippen molar-refractivity contribution in [2.45, 2.75) is 44.6 Å². The van der Waals surface area contributed by atoms with Gasteiger partial charge in [-0.15, -0.1) is 0 Å². The van der Waals surface area contributed by atoms with E-state index in [-0.39, 0.29) is 22.8 Å². The summed E-state index contributed by atoms with van der Waals surface area (Å²) in [6, 6.07) is 0.434. The van der Waals surface area contributed by atoms with E-state index in [9.17, 15) is 19.2 Å². The molecule has 3 aliphatic rings. The Hall–Kier alpha value is -2.38. The Bertz CT molecular complexity index is 814. The number of nitrogens with one attached hydrogen (secondary N) is 2. The van der Waals surface area contributed by atoms with E-state index in [2.05, 4.69) is 9.97 Å². The van der Waals surface area contributed by atoms with Crippen LogP contribution in [0.25, 0.3) is 0 Å². The zero-order valence-electron chi connectivity index (χ0n) is 14.0. The van der Waals surface area contributed by atoms with Crippen molar-refractivity contribution in [3.63, 3.8) is 0 Å².